The maximum absolute atomic E-state index is 14.1. The van der Waals surface area contributed by atoms with E-state index in [1.54, 1.807) is 12.0 Å². The number of carbonyl (C=O) groups excluding carboxylic acids is 1. The number of nitrogens with one attached hydrogen (secondary N) is 1. The van der Waals surface area contributed by atoms with Gasteiger partial charge in [-0.25, -0.2) is 4.79 Å². The standard InChI is InChI=1S/C35H44N2O4/c1-34(2,3)26-18-19-27(41-7)25(21-26)22-36-30-29(35(4,5)6)32(33(39)40)37(31(30)24-16-12-9-13-17-24)28(38)20-23-14-10-8-11-15-23/h8-19,21,29-32,36H,20,22H2,1-7H3,(H,39,40)/t29-,30-,31-,32-/m0/s1. The van der Waals surface area contributed by atoms with Crippen LogP contribution < -0.4 is 10.1 Å². The molecule has 1 fully saturated rings. The number of methoxy groups -OCH3 is 1. The van der Waals surface area contributed by atoms with E-state index in [2.05, 4.69) is 59.0 Å². The second-order valence-corrected chi connectivity index (χ2v) is 13.2. The zero-order chi connectivity index (χ0) is 29.9. The summed E-state index contributed by atoms with van der Waals surface area (Å²) < 4.78 is 5.72. The summed E-state index contributed by atoms with van der Waals surface area (Å²) in [6.45, 7) is 13.2. The van der Waals surface area contributed by atoms with Crippen LogP contribution in [0, 0.1) is 11.3 Å². The Morgan fingerprint density at radius 1 is 0.902 bits per heavy atom. The number of hydrogen-bond donors (Lipinski definition) is 2. The van der Waals surface area contributed by atoms with Crippen molar-refractivity contribution in [2.45, 2.75) is 78.0 Å². The number of rotatable bonds is 8. The summed E-state index contributed by atoms with van der Waals surface area (Å²) in [4.78, 5) is 28.8. The fourth-order valence-electron chi connectivity index (χ4n) is 6.24. The van der Waals surface area contributed by atoms with Crippen LogP contribution in [-0.2, 0) is 28.0 Å². The monoisotopic (exact) mass is 556 g/mol. The van der Waals surface area contributed by atoms with Crippen molar-refractivity contribution in [3.05, 3.63) is 101 Å². The van der Waals surface area contributed by atoms with Gasteiger partial charge < -0.3 is 20.1 Å². The van der Waals surface area contributed by atoms with Crippen molar-refractivity contribution in [3.8, 4) is 5.75 Å². The van der Waals surface area contributed by atoms with Crippen LogP contribution >= 0.6 is 0 Å². The first-order valence-electron chi connectivity index (χ1n) is 14.4. The highest BCUT2D eigenvalue weighted by atomic mass is 16.5. The van der Waals surface area contributed by atoms with Crippen molar-refractivity contribution < 1.29 is 19.4 Å². The molecule has 6 nitrogen and oxygen atoms in total. The van der Waals surface area contributed by atoms with E-state index in [-0.39, 0.29) is 29.7 Å². The summed E-state index contributed by atoms with van der Waals surface area (Å²) >= 11 is 0. The van der Waals surface area contributed by atoms with Crippen LogP contribution in [-0.4, -0.2) is 41.1 Å². The van der Waals surface area contributed by atoms with E-state index in [1.165, 1.54) is 5.56 Å². The van der Waals surface area contributed by atoms with Gasteiger partial charge in [-0.15, -0.1) is 0 Å². The van der Waals surface area contributed by atoms with Crippen LogP contribution in [0.3, 0.4) is 0 Å². The molecule has 1 amide bonds. The molecule has 4 rings (SSSR count). The molecule has 0 spiro atoms. The Morgan fingerprint density at radius 2 is 1.51 bits per heavy atom. The van der Waals surface area contributed by atoms with Crippen LogP contribution in [0.5, 0.6) is 5.75 Å². The Labute approximate surface area is 244 Å². The Hall–Kier alpha value is -3.64. The minimum Gasteiger partial charge on any atom is -0.496 e. The maximum Gasteiger partial charge on any atom is 0.326 e. The summed E-state index contributed by atoms with van der Waals surface area (Å²) in [7, 11) is 1.67. The fraction of sp³-hybridized carbons (Fsp3) is 0.429. The van der Waals surface area contributed by atoms with Crippen LogP contribution in [0.1, 0.15) is 69.8 Å². The zero-order valence-electron chi connectivity index (χ0n) is 25.3. The van der Waals surface area contributed by atoms with Crippen molar-refractivity contribution >= 4 is 11.9 Å². The van der Waals surface area contributed by atoms with E-state index < -0.39 is 23.5 Å². The minimum atomic E-state index is -0.989. The number of nitrogens with zero attached hydrogens (tertiary/aromatic N) is 1. The van der Waals surface area contributed by atoms with Gasteiger partial charge in [0.05, 0.1) is 19.6 Å². The maximum atomic E-state index is 14.1. The molecule has 0 saturated carbocycles. The molecular weight excluding hydrogens is 512 g/mol. The summed E-state index contributed by atoms with van der Waals surface area (Å²) in [5.74, 6) is -0.757. The van der Waals surface area contributed by atoms with Gasteiger partial charge in [-0.05, 0) is 33.6 Å². The van der Waals surface area contributed by atoms with Crippen LogP contribution in [0.15, 0.2) is 78.9 Å². The van der Waals surface area contributed by atoms with Gasteiger partial charge in [-0.2, -0.15) is 0 Å². The van der Waals surface area contributed by atoms with Gasteiger partial charge in [0.15, 0.2) is 0 Å². The van der Waals surface area contributed by atoms with Crippen molar-refractivity contribution in [3.63, 3.8) is 0 Å². The van der Waals surface area contributed by atoms with Gasteiger partial charge >= 0.3 is 5.97 Å². The number of carboxylic acids is 1. The number of likely N-dealkylation sites (tertiary alicyclic amines) is 1. The van der Waals surface area contributed by atoms with E-state index in [0.29, 0.717) is 6.54 Å². The number of hydrogen-bond acceptors (Lipinski definition) is 4. The Balaban J connectivity index is 1.81. The third-order valence-corrected chi connectivity index (χ3v) is 8.22. The van der Waals surface area contributed by atoms with Crippen molar-refractivity contribution in [2.24, 2.45) is 11.3 Å². The molecular formula is C35H44N2O4. The molecule has 3 aromatic rings. The van der Waals surface area contributed by atoms with E-state index in [9.17, 15) is 14.7 Å². The van der Waals surface area contributed by atoms with Crippen molar-refractivity contribution in [1.82, 2.24) is 10.2 Å². The molecule has 0 bridgehead atoms. The Morgan fingerprint density at radius 3 is 2.05 bits per heavy atom. The number of aliphatic carboxylic acids is 1. The zero-order valence-corrected chi connectivity index (χ0v) is 25.3. The molecule has 4 atom stereocenters. The number of amides is 1. The van der Waals surface area contributed by atoms with Crippen LogP contribution in [0.2, 0.25) is 0 Å². The first kappa shape index (κ1) is 30.3. The summed E-state index contributed by atoms with van der Waals surface area (Å²) in [6.07, 6.45) is 0.138. The van der Waals surface area contributed by atoms with E-state index >= 15 is 0 Å². The molecule has 218 valence electrons. The molecule has 0 aliphatic carbocycles. The topological polar surface area (TPSA) is 78.9 Å². The molecule has 2 N–H and O–H groups in total. The lowest BCUT2D eigenvalue weighted by Crippen LogP contribution is -2.48. The quantitative estimate of drug-likeness (QED) is 0.336. The highest BCUT2D eigenvalue weighted by Gasteiger charge is 2.57. The number of carbonyl (C=O) groups is 2. The summed E-state index contributed by atoms with van der Waals surface area (Å²) in [5.41, 5.74) is 3.52. The first-order chi connectivity index (χ1) is 19.3. The van der Waals surface area contributed by atoms with Crippen molar-refractivity contribution in [1.29, 1.82) is 0 Å². The lowest BCUT2D eigenvalue weighted by atomic mass is 9.72. The lowest BCUT2D eigenvalue weighted by Gasteiger charge is -2.35. The molecule has 0 unspecified atom stereocenters. The average molecular weight is 557 g/mol. The minimum absolute atomic E-state index is 0.0377. The Bertz CT molecular complexity index is 1340. The largest absolute Gasteiger partial charge is 0.496 e. The van der Waals surface area contributed by atoms with Crippen LogP contribution in [0.25, 0.3) is 0 Å². The molecule has 6 heteroatoms. The summed E-state index contributed by atoms with van der Waals surface area (Å²) in [5, 5.41) is 14.4. The Kier molecular flexibility index (Phi) is 8.93. The van der Waals surface area contributed by atoms with Gasteiger partial charge in [0.25, 0.3) is 0 Å². The lowest BCUT2D eigenvalue weighted by molar-refractivity contribution is -0.152. The average Bonchev–Trinajstić information content (AvgIpc) is 3.28. The number of ether oxygens (including phenoxy) is 1. The molecule has 1 aliphatic rings. The highest BCUT2D eigenvalue weighted by Crippen LogP contribution is 2.48. The highest BCUT2D eigenvalue weighted by molar-refractivity contribution is 5.87. The molecule has 41 heavy (non-hydrogen) atoms. The first-order valence-corrected chi connectivity index (χ1v) is 14.4. The molecule has 0 aromatic heterocycles. The van der Waals surface area contributed by atoms with Gasteiger partial charge in [-0.3, -0.25) is 4.79 Å². The predicted molar refractivity (Wildman–Crippen MR) is 163 cm³/mol. The molecule has 1 heterocycles. The molecule has 1 aliphatic heterocycles. The van der Waals surface area contributed by atoms with Gasteiger partial charge in [0, 0.05) is 24.1 Å². The third-order valence-electron chi connectivity index (χ3n) is 8.22. The second-order valence-electron chi connectivity index (χ2n) is 13.2. The van der Waals surface area contributed by atoms with Gasteiger partial charge in [-0.1, -0.05) is 114 Å². The number of benzene rings is 3. The molecule has 0 radical (unpaired) electrons. The smallest absolute Gasteiger partial charge is 0.326 e. The SMILES string of the molecule is COc1ccc(C(C)(C)C)cc1CN[C@H]1[C@H](C(C)(C)C)[C@@H](C(=O)O)N(C(=O)Cc2ccccc2)[C@H]1c1ccccc1. The summed E-state index contributed by atoms with van der Waals surface area (Å²) in [6, 6.07) is 23.8. The van der Waals surface area contributed by atoms with Gasteiger partial charge in [0.1, 0.15) is 11.8 Å². The fourth-order valence-corrected chi connectivity index (χ4v) is 6.24. The van der Waals surface area contributed by atoms with Gasteiger partial charge in [0.2, 0.25) is 5.91 Å². The normalized spacial score (nSPS) is 21.1. The van der Waals surface area contributed by atoms with E-state index in [1.807, 2.05) is 66.7 Å². The molecule has 3 aromatic carbocycles. The van der Waals surface area contributed by atoms with Crippen LogP contribution in [0.4, 0.5) is 0 Å². The predicted octanol–water partition coefficient (Wildman–Crippen LogP) is 6.39. The van der Waals surface area contributed by atoms with Crippen molar-refractivity contribution in [2.75, 3.05) is 7.11 Å². The molecule has 1 saturated heterocycles. The third kappa shape index (κ3) is 6.65. The number of carboxylic acid groups (broad SMARTS) is 1. The van der Waals surface area contributed by atoms with E-state index in [0.717, 1.165) is 22.4 Å². The van der Waals surface area contributed by atoms with E-state index in [4.69, 9.17) is 4.74 Å². The second kappa shape index (κ2) is 12.1.